The van der Waals surface area contributed by atoms with E-state index in [4.69, 9.17) is 14.2 Å². The Bertz CT molecular complexity index is 1530. The van der Waals surface area contributed by atoms with Gasteiger partial charge in [-0.3, -0.25) is 0 Å². The van der Waals surface area contributed by atoms with E-state index in [1.165, 1.54) is 6.07 Å². The van der Waals surface area contributed by atoms with Crippen molar-refractivity contribution in [3.63, 3.8) is 0 Å². The van der Waals surface area contributed by atoms with Crippen LogP contribution in [0.4, 0.5) is 0 Å². The molecule has 0 radical (unpaired) electrons. The van der Waals surface area contributed by atoms with Crippen molar-refractivity contribution >= 4 is 17.9 Å². The van der Waals surface area contributed by atoms with E-state index in [1.54, 1.807) is 32.9 Å². The molecule has 0 bridgehead atoms. The van der Waals surface area contributed by atoms with Crippen LogP contribution in [0.1, 0.15) is 50.0 Å². The van der Waals surface area contributed by atoms with Gasteiger partial charge in [-0.15, -0.1) is 0 Å². The Kier molecular flexibility index (Phi) is 8.19. The molecule has 0 aromatic heterocycles. The van der Waals surface area contributed by atoms with Crippen molar-refractivity contribution in [2.45, 2.75) is 46.6 Å². The van der Waals surface area contributed by atoms with E-state index < -0.39 is 11.9 Å². The van der Waals surface area contributed by atoms with E-state index in [1.807, 2.05) is 31.2 Å². The minimum atomic E-state index is -0.574. The molecule has 4 rings (SSSR count). The lowest BCUT2D eigenvalue weighted by Crippen LogP contribution is -2.10. The number of fused-ring (bicyclic) bond motifs is 1. The number of hydrogen-bond acceptors (Lipinski definition) is 6. The number of esters is 3. The summed E-state index contributed by atoms with van der Waals surface area (Å²) in [5, 5.41) is 0. The van der Waals surface area contributed by atoms with Crippen LogP contribution in [0.5, 0.6) is 11.5 Å². The number of aryl methyl sites for hydroxylation is 2. The highest BCUT2D eigenvalue weighted by atomic mass is 16.6. The molecule has 3 aromatic carbocycles. The summed E-state index contributed by atoms with van der Waals surface area (Å²) in [6, 6.07) is 17.2. The summed E-state index contributed by atoms with van der Waals surface area (Å²) in [5.74, 6) is -1.05. The van der Waals surface area contributed by atoms with Crippen LogP contribution in [-0.4, -0.2) is 17.9 Å². The molecule has 0 spiro atoms. The van der Waals surface area contributed by atoms with Crippen LogP contribution in [0.2, 0.25) is 0 Å². The fourth-order valence-electron chi connectivity index (χ4n) is 4.51. The van der Waals surface area contributed by atoms with Gasteiger partial charge in [-0.2, -0.15) is 0 Å². The first-order valence-corrected chi connectivity index (χ1v) is 12.9. The molecule has 0 saturated carbocycles. The van der Waals surface area contributed by atoms with Gasteiger partial charge < -0.3 is 14.2 Å². The molecule has 40 heavy (non-hydrogen) atoms. The summed E-state index contributed by atoms with van der Waals surface area (Å²) in [6.45, 7) is 17.7. The summed E-state index contributed by atoms with van der Waals surface area (Å²) < 4.78 is 16.5. The number of carbonyl (C=O) groups excluding carboxylic acids is 3. The summed E-state index contributed by atoms with van der Waals surface area (Å²) in [6.07, 6.45) is 1.33. The standard InChI is InChI=1S/C34H32O6/c1-19(2)32(35)38-27-16-26(17-28(18-27)39-33(36)20(3)4)29-11-8-23(14-22(29)7)24-9-12-30-25(15-24)10-13-31(30)40-34(37)21(5)6/h8-9,11-12,14-18,31H,1,3,5,10,13H2,2,4,6-7H3. The molecule has 6 heteroatoms. The summed E-state index contributed by atoms with van der Waals surface area (Å²) >= 11 is 0. The zero-order valence-corrected chi connectivity index (χ0v) is 23.3. The first kappa shape index (κ1) is 28.3. The van der Waals surface area contributed by atoms with Crippen LogP contribution < -0.4 is 9.47 Å². The molecule has 0 N–H and O–H groups in total. The third kappa shape index (κ3) is 6.29. The van der Waals surface area contributed by atoms with Gasteiger partial charge in [-0.1, -0.05) is 56.1 Å². The van der Waals surface area contributed by atoms with Gasteiger partial charge in [0.2, 0.25) is 0 Å². The molecular formula is C34H32O6. The summed E-state index contributed by atoms with van der Waals surface area (Å²) in [5.41, 5.74) is 7.76. The van der Waals surface area contributed by atoms with Gasteiger partial charge in [0.05, 0.1) is 0 Å². The van der Waals surface area contributed by atoms with Gasteiger partial charge in [-0.25, -0.2) is 14.4 Å². The topological polar surface area (TPSA) is 78.9 Å². The SMILES string of the molecule is C=C(C)C(=O)Oc1cc(OC(=O)C(=C)C)cc(-c2ccc(-c3ccc4c(c3)CCC4OC(=O)C(=C)C)cc2C)c1. The Morgan fingerprint density at radius 1 is 0.700 bits per heavy atom. The van der Waals surface area contributed by atoms with Crippen LogP contribution in [0.25, 0.3) is 22.3 Å². The van der Waals surface area contributed by atoms with Crippen molar-refractivity contribution in [1.29, 1.82) is 0 Å². The normalized spacial score (nSPS) is 13.7. The lowest BCUT2D eigenvalue weighted by molar-refractivity contribution is -0.144. The van der Waals surface area contributed by atoms with E-state index in [9.17, 15) is 14.4 Å². The van der Waals surface area contributed by atoms with Crippen molar-refractivity contribution in [2.24, 2.45) is 0 Å². The van der Waals surface area contributed by atoms with Gasteiger partial charge >= 0.3 is 17.9 Å². The third-order valence-electron chi connectivity index (χ3n) is 6.63. The minimum Gasteiger partial charge on any atom is -0.454 e. The van der Waals surface area contributed by atoms with Crippen LogP contribution in [0.15, 0.2) is 91.1 Å². The second-order valence-corrected chi connectivity index (χ2v) is 10.2. The van der Waals surface area contributed by atoms with Crippen molar-refractivity contribution < 1.29 is 28.6 Å². The lowest BCUT2D eigenvalue weighted by atomic mass is 9.94. The fraction of sp³-hybridized carbons (Fsp3) is 0.206. The third-order valence-corrected chi connectivity index (χ3v) is 6.63. The van der Waals surface area contributed by atoms with E-state index in [2.05, 4.69) is 31.9 Å². The van der Waals surface area contributed by atoms with Gasteiger partial charge in [0.25, 0.3) is 0 Å². The highest BCUT2D eigenvalue weighted by molar-refractivity contribution is 5.90. The Morgan fingerprint density at radius 3 is 1.80 bits per heavy atom. The molecule has 204 valence electrons. The molecule has 1 unspecified atom stereocenters. The maximum atomic E-state index is 12.2. The van der Waals surface area contributed by atoms with E-state index in [0.717, 1.165) is 51.8 Å². The Labute approximate surface area is 234 Å². The summed E-state index contributed by atoms with van der Waals surface area (Å²) in [7, 11) is 0. The molecule has 1 atom stereocenters. The summed E-state index contributed by atoms with van der Waals surface area (Å²) in [4.78, 5) is 36.4. The predicted octanol–water partition coefficient (Wildman–Crippen LogP) is 7.40. The van der Waals surface area contributed by atoms with Crippen LogP contribution >= 0.6 is 0 Å². The average molecular weight is 537 g/mol. The van der Waals surface area contributed by atoms with Crippen molar-refractivity contribution in [1.82, 2.24) is 0 Å². The molecule has 1 aliphatic carbocycles. The number of ether oxygens (including phenoxy) is 3. The van der Waals surface area contributed by atoms with E-state index >= 15 is 0 Å². The number of rotatable bonds is 8. The average Bonchev–Trinajstić information content (AvgIpc) is 3.29. The monoisotopic (exact) mass is 536 g/mol. The quantitative estimate of drug-likeness (QED) is 0.170. The predicted molar refractivity (Wildman–Crippen MR) is 155 cm³/mol. The van der Waals surface area contributed by atoms with Gasteiger partial charge in [-0.05, 0) is 91.6 Å². The molecule has 0 heterocycles. The largest absolute Gasteiger partial charge is 0.454 e. The molecule has 0 fully saturated rings. The number of benzene rings is 3. The second kappa shape index (κ2) is 11.6. The molecule has 3 aromatic rings. The Hall–Kier alpha value is -4.71. The zero-order chi connectivity index (χ0) is 29.1. The van der Waals surface area contributed by atoms with Crippen molar-refractivity contribution in [2.75, 3.05) is 0 Å². The fourth-order valence-corrected chi connectivity index (χ4v) is 4.51. The Balaban J connectivity index is 1.65. The number of carbonyl (C=O) groups is 3. The molecule has 0 amide bonds. The Morgan fingerprint density at radius 2 is 1.25 bits per heavy atom. The van der Waals surface area contributed by atoms with Crippen LogP contribution in [0, 0.1) is 6.92 Å². The maximum absolute atomic E-state index is 12.2. The second-order valence-electron chi connectivity index (χ2n) is 10.2. The maximum Gasteiger partial charge on any atom is 0.338 e. The van der Waals surface area contributed by atoms with Gasteiger partial charge in [0.15, 0.2) is 0 Å². The smallest absolute Gasteiger partial charge is 0.338 e. The van der Waals surface area contributed by atoms with Crippen LogP contribution in [-0.2, 0) is 25.5 Å². The van der Waals surface area contributed by atoms with E-state index in [0.29, 0.717) is 5.57 Å². The van der Waals surface area contributed by atoms with Crippen molar-refractivity contribution in [3.8, 4) is 33.8 Å². The molecule has 6 nitrogen and oxygen atoms in total. The van der Waals surface area contributed by atoms with Crippen LogP contribution in [0.3, 0.4) is 0 Å². The lowest BCUT2D eigenvalue weighted by Gasteiger charge is -2.15. The highest BCUT2D eigenvalue weighted by Gasteiger charge is 2.26. The zero-order valence-electron chi connectivity index (χ0n) is 23.3. The molecule has 0 aliphatic heterocycles. The minimum absolute atomic E-state index is 0.235. The first-order valence-electron chi connectivity index (χ1n) is 12.9. The van der Waals surface area contributed by atoms with Crippen molar-refractivity contribution in [3.05, 3.63) is 108 Å². The van der Waals surface area contributed by atoms with Gasteiger partial charge in [0.1, 0.15) is 17.6 Å². The van der Waals surface area contributed by atoms with Gasteiger partial charge in [0, 0.05) is 22.8 Å². The highest BCUT2D eigenvalue weighted by Crippen LogP contribution is 2.38. The molecule has 1 aliphatic rings. The van der Waals surface area contributed by atoms with E-state index in [-0.39, 0.29) is 34.7 Å². The first-order chi connectivity index (χ1) is 18.9. The molecule has 0 saturated heterocycles. The molecular weight excluding hydrogens is 504 g/mol. The number of hydrogen-bond donors (Lipinski definition) is 0.